The number of amides is 1. The van der Waals surface area contributed by atoms with E-state index in [-0.39, 0.29) is 0 Å². The molecule has 2 N–H and O–H groups in total. The van der Waals surface area contributed by atoms with E-state index < -0.39 is 29.9 Å². The molecule has 1 heterocycles. The van der Waals surface area contributed by atoms with E-state index in [1.165, 1.54) is 4.90 Å². The molecule has 0 aromatic rings. The van der Waals surface area contributed by atoms with E-state index in [2.05, 4.69) is 0 Å². The molecule has 0 radical (unpaired) electrons. The Morgan fingerprint density at radius 2 is 1.94 bits per heavy atom. The van der Waals surface area contributed by atoms with E-state index in [9.17, 15) is 15.0 Å². The molecule has 1 amide bonds. The van der Waals surface area contributed by atoms with Crippen molar-refractivity contribution < 1.29 is 19.7 Å². The molecule has 0 aromatic heterocycles. The zero-order valence-corrected chi connectivity index (χ0v) is 10.3. The second kappa shape index (κ2) is 4.59. The van der Waals surface area contributed by atoms with Gasteiger partial charge in [-0.3, -0.25) is 0 Å². The summed E-state index contributed by atoms with van der Waals surface area (Å²) in [6.07, 6.45) is -1.72. The van der Waals surface area contributed by atoms with Crippen molar-refractivity contribution in [3.05, 3.63) is 0 Å². The molecule has 94 valence electrons. The molecule has 5 heteroatoms. The van der Waals surface area contributed by atoms with Crippen molar-refractivity contribution >= 4 is 6.09 Å². The van der Waals surface area contributed by atoms with Crippen LogP contribution in [-0.4, -0.2) is 51.6 Å². The van der Waals surface area contributed by atoms with Crippen molar-refractivity contribution in [1.82, 2.24) is 4.90 Å². The quantitative estimate of drug-likeness (QED) is 0.645. The Balaban J connectivity index is 2.64. The summed E-state index contributed by atoms with van der Waals surface area (Å²) in [5.41, 5.74) is -0.544. The van der Waals surface area contributed by atoms with Gasteiger partial charge in [-0.1, -0.05) is 0 Å². The van der Waals surface area contributed by atoms with Crippen LogP contribution in [0, 0.1) is 0 Å². The van der Waals surface area contributed by atoms with Crippen LogP contribution in [0.5, 0.6) is 0 Å². The van der Waals surface area contributed by atoms with Crippen LogP contribution in [0.25, 0.3) is 0 Å². The third-order valence-electron chi connectivity index (χ3n) is 2.67. The standard InChI is InChI=1S/C11H21NO4/c1-7-9(14)8(13)5-6-12(7)10(15)16-11(2,3)4/h7-9,13-14H,5-6H2,1-4H3/t7-,8-,9+/m0/s1. The molecule has 0 spiro atoms. The minimum Gasteiger partial charge on any atom is -0.444 e. The van der Waals surface area contributed by atoms with Crippen molar-refractivity contribution in [1.29, 1.82) is 0 Å². The molecule has 3 atom stereocenters. The molecule has 0 aliphatic carbocycles. The van der Waals surface area contributed by atoms with Crippen molar-refractivity contribution in [2.45, 2.75) is 58.0 Å². The Morgan fingerprint density at radius 1 is 1.38 bits per heavy atom. The molecule has 5 nitrogen and oxygen atoms in total. The number of carbonyl (C=O) groups is 1. The summed E-state index contributed by atoms with van der Waals surface area (Å²) in [6.45, 7) is 7.51. The summed E-state index contributed by atoms with van der Waals surface area (Å²) in [7, 11) is 0. The first-order valence-electron chi connectivity index (χ1n) is 5.58. The molecule has 0 bridgehead atoms. The normalized spacial score (nSPS) is 31.4. The number of carbonyl (C=O) groups excluding carboxylic acids is 1. The number of nitrogens with zero attached hydrogens (tertiary/aromatic N) is 1. The fraction of sp³-hybridized carbons (Fsp3) is 0.909. The Morgan fingerprint density at radius 3 is 2.44 bits per heavy atom. The van der Waals surface area contributed by atoms with Gasteiger partial charge in [-0.2, -0.15) is 0 Å². The van der Waals surface area contributed by atoms with Crippen LogP contribution in [0.15, 0.2) is 0 Å². The largest absolute Gasteiger partial charge is 0.444 e. The predicted octanol–water partition coefficient (Wildman–Crippen LogP) is 0.738. The molecular weight excluding hydrogens is 210 g/mol. The number of ether oxygens (including phenoxy) is 1. The van der Waals surface area contributed by atoms with Gasteiger partial charge in [0, 0.05) is 6.54 Å². The summed E-state index contributed by atoms with van der Waals surface area (Å²) < 4.78 is 5.23. The summed E-state index contributed by atoms with van der Waals surface area (Å²) in [4.78, 5) is 13.2. The Bertz CT molecular complexity index is 261. The number of likely N-dealkylation sites (tertiary alicyclic amines) is 1. The van der Waals surface area contributed by atoms with Gasteiger partial charge in [0.25, 0.3) is 0 Å². The molecular formula is C11H21NO4. The predicted molar refractivity (Wildman–Crippen MR) is 59.0 cm³/mol. The monoisotopic (exact) mass is 231 g/mol. The lowest BCUT2D eigenvalue weighted by Gasteiger charge is -2.39. The van der Waals surface area contributed by atoms with Gasteiger partial charge in [0.15, 0.2) is 0 Å². The van der Waals surface area contributed by atoms with Crippen LogP contribution in [0.1, 0.15) is 34.1 Å². The topological polar surface area (TPSA) is 70.0 Å². The van der Waals surface area contributed by atoms with Gasteiger partial charge in [-0.25, -0.2) is 4.79 Å². The first-order chi connectivity index (χ1) is 7.22. The lowest BCUT2D eigenvalue weighted by molar-refractivity contribution is -0.0740. The van der Waals surface area contributed by atoms with Gasteiger partial charge in [-0.05, 0) is 34.1 Å². The van der Waals surface area contributed by atoms with Gasteiger partial charge < -0.3 is 19.8 Å². The lowest BCUT2D eigenvalue weighted by atomic mass is 9.98. The first kappa shape index (κ1) is 13.3. The molecule has 1 saturated heterocycles. The Labute approximate surface area is 96.0 Å². The van der Waals surface area contributed by atoms with Gasteiger partial charge >= 0.3 is 6.09 Å². The molecule has 1 aliphatic heterocycles. The van der Waals surface area contributed by atoms with E-state index in [4.69, 9.17) is 4.74 Å². The van der Waals surface area contributed by atoms with Crippen molar-refractivity contribution in [3.63, 3.8) is 0 Å². The SMILES string of the molecule is C[C@H]1[C@@H](O)[C@@H](O)CCN1C(=O)OC(C)(C)C. The highest BCUT2D eigenvalue weighted by molar-refractivity contribution is 5.68. The number of aliphatic hydroxyl groups is 2. The molecule has 0 aromatic carbocycles. The Hall–Kier alpha value is -0.810. The zero-order valence-electron chi connectivity index (χ0n) is 10.3. The smallest absolute Gasteiger partial charge is 0.410 e. The third-order valence-corrected chi connectivity index (χ3v) is 2.67. The van der Waals surface area contributed by atoms with Gasteiger partial charge in [0.2, 0.25) is 0 Å². The van der Waals surface area contributed by atoms with E-state index >= 15 is 0 Å². The van der Waals surface area contributed by atoms with Gasteiger partial charge in [0.1, 0.15) is 11.7 Å². The fourth-order valence-electron chi connectivity index (χ4n) is 1.73. The van der Waals surface area contributed by atoms with E-state index in [1.807, 2.05) is 0 Å². The molecule has 0 saturated carbocycles. The number of aliphatic hydroxyl groups excluding tert-OH is 2. The average Bonchev–Trinajstić information content (AvgIpc) is 2.11. The van der Waals surface area contributed by atoms with Crippen LogP contribution in [0.4, 0.5) is 4.79 Å². The molecule has 16 heavy (non-hydrogen) atoms. The molecule has 0 unspecified atom stereocenters. The molecule has 1 aliphatic rings. The van der Waals surface area contributed by atoms with Gasteiger partial charge in [-0.15, -0.1) is 0 Å². The maximum Gasteiger partial charge on any atom is 0.410 e. The highest BCUT2D eigenvalue weighted by Crippen LogP contribution is 2.20. The summed E-state index contributed by atoms with van der Waals surface area (Å²) in [5, 5.41) is 19.1. The van der Waals surface area contributed by atoms with Crippen molar-refractivity contribution in [2.75, 3.05) is 6.54 Å². The highest BCUT2D eigenvalue weighted by Gasteiger charge is 2.37. The summed E-state index contributed by atoms with van der Waals surface area (Å²) >= 11 is 0. The third kappa shape index (κ3) is 3.09. The van der Waals surface area contributed by atoms with Crippen LogP contribution in [0.3, 0.4) is 0 Å². The van der Waals surface area contributed by atoms with Crippen molar-refractivity contribution in [3.8, 4) is 0 Å². The number of hydrogen-bond acceptors (Lipinski definition) is 4. The minimum absolute atomic E-state index is 0.380. The van der Waals surface area contributed by atoms with Crippen LogP contribution >= 0.6 is 0 Å². The van der Waals surface area contributed by atoms with E-state index in [0.717, 1.165) is 0 Å². The zero-order chi connectivity index (χ0) is 12.5. The molecule has 1 rings (SSSR count). The maximum absolute atomic E-state index is 11.8. The Kier molecular flexibility index (Phi) is 3.80. The molecule has 1 fully saturated rings. The second-order valence-electron chi connectivity index (χ2n) is 5.26. The number of hydrogen-bond donors (Lipinski definition) is 2. The summed E-state index contributed by atoms with van der Waals surface area (Å²) in [5.74, 6) is 0. The minimum atomic E-state index is -0.902. The van der Waals surface area contributed by atoms with Crippen LogP contribution in [-0.2, 0) is 4.74 Å². The van der Waals surface area contributed by atoms with Crippen LogP contribution in [0.2, 0.25) is 0 Å². The fourth-order valence-corrected chi connectivity index (χ4v) is 1.73. The average molecular weight is 231 g/mol. The maximum atomic E-state index is 11.8. The summed E-state index contributed by atoms with van der Waals surface area (Å²) in [6, 6.07) is -0.418. The van der Waals surface area contributed by atoms with E-state index in [1.54, 1.807) is 27.7 Å². The van der Waals surface area contributed by atoms with Crippen molar-refractivity contribution in [2.24, 2.45) is 0 Å². The van der Waals surface area contributed by atoms with Crippen LogP contribution < -0.4 is 0 Å². The highest BCUT2D eigenvalue weighted by atomic mass is 16.6. The first-order valence-corrected chi connectivity index (χ1v) is 5.58. The second-order valence-corrected chi connectivity index (χ2v) is 5.26. The lowest BCUT2D eigenvalue weighted by Crippen LogP contribution is -2.56. The van der Waals surface area contributed by atoms with Gasteiger partial charge in [0.05, 0.1) is 12.1 Å². The van der Waals surface area contributed by atoms with E-state index in [0.29, 0.717) is 13.0 Å². The number of piperidine rings is 1. The number of rotatable bonds is 0.